The van der Waals surface area contributed by atoms with E-state index in [1.54, 1.807) is 6.07 Å². The Morgan fingerprint density at radius 3 is 2.13 bits per heavy atom. The van der Waals surface area contributed by atoms with E-state index >= 15 is 0 Å². The van der Waals surface area contributed by atoms with Crippen LogP contribution in [-0.4, -0.2) is 28.8 Å². The molecule has 1 aliphatic carbocycles. The Bertz CT molecular complexity index is 970. The van der Waals surface area contributed by atoms with Crippen LogP contribution in [0.4, 0.5) is 27.6 Å². The van der Waals surface area contributed by atoms with E-state index in [1.807, 2.05) is 0 Å². The van der Waals surface area contributed by atoms with Gasteiger partial charge in [0.2, 0.25) is 0 Å². The van der Waals surface area contributed by atoms with Gasteiger partial charge in [-0.2, -0.15) is 22.0 Å². The number of hydrogen-bond acceptors (Lipinski definition) is 3. The number of carbonyl (C=O) groups is 2. The van der Waals surface area contributed by atoms with Crippen molar-refractivity contribution in [1.82, 2.24) is 0 Å². The minimum Gasteiger partial charge on any atom is -0.477 e. The highest BCUT2D eigenvalue weighted by molar-refractivity contribution is 6.04. The van der Waals surface area contributed by atoms with E-state index in [4.69, 9.17) is 5.11 Å². The maximum Gasteiger partial charge on any atom is 0.416 e. The second kappa shape index (κ2) is 7.55. The molecule has 158 valence electrons. The topological polar surface area (TPSA) is 66.4 Å². The standard InChI is InChI=1S/C21H16F5NO3/c22-20(23,18(29)30)12-19(13-4-2-1-3-5-13)16(10-11-17(19)28)27-15-8-6-14(7-9-15)21(24,25)26/h1-11,16,27H,12H2,(H,29,30)/t16-,19-/m1/s1. The number of rotatable bonds is 6. The number of nitrogens with one attached hydrogen (secondary N) is 1. The molecule has 9 heteroatoms. The van der Waals surface area contributed by atoms with Crippen molar-refractivity contribution in [3.63, 3.8) is 0 Å². The Labute approximate surface area is 168 Å². The van der Waals surface area contributed by atoms with Crippen LogP contribution in [0.2, 0.25) is 0 Å². The van der Waals surface area contributed by atoms with Gasteiger partial charge < -0.3 is 10.4 Å². The van der Waals surface area contributed by atoms with Gasteiger partial charge in [-0.15, -0.1) is 0 Å². The predicted molar refractivity (Wildman–Crippen MR) is 98.3 cm³/mol. The highest BCUT2D eigenvalue weighted by Crippen LogP contribution is 2.44. The van der Waals surface area contributed by atoms with Crippen molar-refractivity contribution >= 4 is 17.4 Å². The summed E-state index contributed by atoms with van der Waals surface area (Å²) in [6.45, 7) is 0. The molecule has 0 amide bonds. The second-order valence-corrected chi connectivity index (χ2v) is 6.94. The van der Waals surface area contributed by atoms with Crippen molar-refractivity contribution in [3.8, 4) is 0 Å². The van der Waals surface area contributed by atoms with Gasteiger partial charge in [0.25, 0.3) is 0 Å². The number of hydrogen-bond donors (Lipinski definition) is 2. The molecular weight excluding hydrogens is 409 g/mol. The zero-order valence-corrected chi connectivity index (χ0v) is 15.3. The molecule has 0 fully saturated rings. The fourth-order valence-electron chi connectivity index (χ4n) is 3.54. The Morgan fingerprint density at radius 1 is 1.00 bits per heavy atom. The maximum atomic E-state index is 14.3. The molecule has 0 radical (unpaired) electrons. The zero-order valence-electron chi connectivity index (χ0n) is 15.3. The third kappa shape index (κ3) is 3.92. The molecule has 30 heavy (non-hydrogen) atoms. The lowest BCUT2D eigenvalue weighted by Gasteiger charge is -2.37. The van der Waals surface area contributed by atoms with Crippen molar-refractivity contribution in [2.75, 3.05) is 5.32 Å². The molecule has 0 bridgehead atoms. The van der Waals surface area contributed by atoms with Crippen LogP contribution in [0.15, 0.2) is 66.7 Å². The number of carboxylic acid groups (broad SMARTS) is 1. The third-order valence-corrected chi connectivity index (χ3v) is 5.05. The summed E-state index contributed by atoms with van der Waals surface area (Å²) in [4.78, 5) is 23.9. The van der Waals surface area contributed by atoms with Crippen LogP contribution in [0, 0.1) is 0 Å². The van der Waals surface area contributed by atoms with Crippen molar-refractivity contribution in [2.24, 2.45) is 0 Å². The lowest BCUT2D eigenvalue weighted by atomic mass is 9.70. The summed E-state index contributed by atoms with van der Waals surface area (Å²) in [7, 11) is 0. The van der Waals surface area contributed by atoms with Crippen LogP contribution < -0.4 is 5.32 Å². The molecule has 0 spiro atoms. The van der Waals surface area contributed by atoms with Gasteiger partial charge in [0.15, 0.2) is 5.78 Å². The molecule has 2 aromatic carbocycles. The normalized spacial score (nSPS) is 21.6. The van der Waals surface area contributed by atoms with Gasteiger partial charge in [0.05, 0.1) is 17.0 Å². The fourth-order valence-corrected chi connectivity index (χ4v) is 3.54. The summed E-state index contributed by atoms with van der Waals surface area (Å²) in [5.41, 5.74) is -2.51. The van der Waals surface area contributed by atoms with Crippen molar-refractivity contribution < 1.29 is 36.6 Å². The predicted octanol–water partition coefficient (Wildman–Crippen LogP) is 4.67. The van der Waals surface area contributed by atoms with E-state index in [0.29, 0.717) is 0 Å². The van der Waals surface area contributed by atoms with E-state index < -0.39 is 47.3 Å². The number of ketones is 1. The van der Waals surface area contributed by atoms with Gasteiger partial charge in [-0.05, 0) is 35.9 Å². The van der Waals surface area contributed by atoms with Crippen molar-refractivity contribution in [3.05, 3.63) is 77.9 Å². The third-order valence-electron chi connectivity index (χ3n) is 5.05. The Morgan fingerprint density at radius 2 is 1.60 bits per heavy atom. The average Bonchev–Trinajstić information content (AvgIpc) is 2.98. The Kier molecular flexibility index (Phi) is 5.40. The smallest absolute Gasteiger partial charge is 0.416 e. The molecule has 0 saturated carbocycles. The van der Waals surface area contributed by atoms with E-state index in [1.165, 1.54) is 30.3 Å². The molecule has 0 aliphatic heterocycles. The highest BCUT2D eigenvalue weighted by Gasteiger charge is 2.56. The van der Waals surface area contributed by atoms with Crippen molar-refractivity contribution in [1.29, 1.82) is 0 Å². The molecule has 3 rings (SSSR count). The summed E-state index contributed by atoms with van der Waals surface area (Å²) >= 11 is 0. The van der Waals surface area contributed by atoms with E-state index in [2.05, 4.69) is 5.32 Å². The minimum absolute atomic E-state index is 0.159. The van der Waals surface area contributed by atoms with E-state index in [-0.39, 0.29) is 11.3 Å². The van der Waals surface area contributed by atoms with Gasteiger partial charge in [0.1, 0.15) is 0 Å². The molecule has 0 saturated heterocycles. The largest absolute Gasteiger partial charge is 0.477 e. The molecule has 2 atom stereocenters. The number of carbonyl (C=O) groups excluding carboxylic acids is 1. The molecular formula is C21H16F5NO3. The van der Waals surface area contributed by atoms with Crippen LogP contribution in [0.25, 0.3) is 0 Å². The van der Waals surface area contributed by atoms with Crippen LogP contribution in [0.1, 0.15) is 17.5 Å². The molecule has 2 aromatic rings. The van der Waals surface area contributed by atoms with Crippen LogP contribution in [0.5, 0.6) is 0 Å². The second-order valence-electron chi connectivity index (χ2n) is 6.94. The lowest BCUT2D eigenvalue weighted by molar-refractivity contribution is -0.168. The molecule has 4 nitrogen and oxygen atoms in total. The van der Waals surface area contributed by atoms with Gasteiger partial charge in [-0.3, -0.25) is 4.79 Å². The fraction of sp³-hybridized carbons (Fsp3) is 0.238. The summed E-state index contributed by atoms with van der Waals surface area (Å²) in [6, 6.07) is 10.3. The van der Waals surface area contributed by atoms with E-state index in [9.17, 15) is 31.5 Å². The number of halogens is 5. The monoisotopic (exact) mass is 425 g/mol. The van der Waals surface area contributed by atoms with Gasteiger partial charge in [0, 0.05) is 12.1 Å². The molecule has 0 heterocycles. The maximum absolute atomic E-state index is 14.3. The first-order valence-electron chi connectivity index (χ1n) is 8.80. The minimum atomic E-state index is -4.54. The average molecular weight is 425 g/mol. The number of benzene rings is 2. The molecule has 0 unspecified atom stereocenters. The number of anilines is 1. The lowest BCUT2D eigenvalue weighted by Crippen LogP contribution is -2.51. The highest BCUT2D eigenvalue weighted by atomic mass is 19.4. The number of aliphatic carboxylic acids is 1. The van der Waals surface area contributed by atoms with Crippen LogP contribution >= 0.6 is 0 Å². The summed E-state index contributed by atoms with van der Waals surface area (Å²) in [6.07, 6.45) is -3.47. The van der Waals surface area contributed by atoms with Crippen molar-refractivity contribution in [2.45, 2.75) is 30.0 Å². The summed E-state index contributed by atoms with van der Waals surface area (Å²) < 4.78 is 66.8. The number of allylic oxidation sites excluding steroid dienone is 1. The van der Waals surface area contributed by atoms with Gasteiger partial charge in [-0.1, -0.05) is 36.4 Å². The molecule has 0 aromatic heterocycles. The first-order chi connectivity index (χ1) is 14.0. The number of carboxylic acids is 1. The van der Waals surface area contributed by atoms with E-state index in [0.717, 1.165) is 30.3 Å². The van der Waals surface area contributed by atoms with Crippen LogP contribution in [-0.2, 0) is 21.2 Å². The van der Waals surface area contributed by atoms with Crippen LogP contribution in [0.3, 0.4) is 0 Å². The Hall–Kier alpha value is -3.23. The number of alkyl halides is 5. The summed E-state index contributed by atoms with van der Waals surface area (Å²) in [5.74, 6) is -7.30. The summed E-state index contributed by atoms with van der Waals surface area (Å²) in [5, 5.41) is 11.7. The zero-order chi connectivity index (χ0) is 22.2. The first kappa shape index (κ1) is 21.5. The molecule has 2 N–H and O–H groups in total. The SMILES string of the molecule is O=C(O)C(F)(F)C[C@]1(c2ccccc2)C(=O)C=C[C@H]1Nc1ccc(C(F)(F)F)cc1. The Balaban J connectivity index is 2.02. The quantitative estimate of drug-likeness (QED) is 0.660. The first-order valence-corrected chi connectivity index (χ1v) is 8.80. The van der Waals surface area contributed by atoms with Gasteiger partial charge >= 0.3 is 18.1 Å². The molecule has 1 aliphatic rings. The van der Waals surface area contributed by atoms with Gasteiger partial charge in [-0.25, -0.2) is 4.79 Å².